The highest BCUT2D eigenvalue weighted by molar-refractivity contribution is 6.34. The molecule has 0 saturated carbocycles. The molecule has 1 heterocycles. The SMILES string of the molecule is CCC(C)c1ccc2oc(-c3ccc(Cl)c(NC(=O)/C=C/c4ccc(C(C)C)cc4)c3)nc2c1. The predicted molar refractivity (Wildman–Crippen MR) is 141 cm³/mol. The highest BCUT2D eigenvalue weighted by atomic mass is 35.5. The number of fused-ring (bicyclic) bond motifs is 1. The molecule has 4 nitrogen and oxygen atoms in total. The second kappa shape index (κ2) is 10.3. The van der Waals surface area contributed by atoms with Gasteiger partial charge in [-0.2, -0.15) is 0 Å². The van der Waals surface area contributed by atoms with Crippen LogP contribution in [0.25, 0.3) is 28.6 Å². The first-order chi connectivity index (χ1) is 16.3. The summed E-state index contributed by atoms with van der Waals surface area (Å²) in [7, 11) is 0. The lowest BCUT2D eigenvalue weighted by Gasteiger charge is -2.07. The molecule has 1 aromatic heterocycles. The van der Waals surface area contributed by atoms with Crippen LogP contribution in [-0.2, 0) is 4.79 Å². The van der Waals surface area contributed by atoms with Crippen LogP contribution in [0.1, 0.15) is 62.6 Å². The van der Waals surface area contributed by atoms with Crippen LogP contribution in [0.3, 0.4) is 0 Å². The third-order valence-electron chi connectivity index (χ3n) is 6.09. The predicted octanol–water partition coefficient (Wildman–Crippen LogP) is 8.44. The lowest BCUT2D eigenvalue weighted by Crippen LogP contribution is -2.08. The molecular weight excluding hydrogens is 444 g/mol. The van der Waals surface area contributed by atoms with Gasteiger partial charge < -0.3 is 9.73 Å². The number of carbonyl (C=O) groups is 1. The maximum Gasteiger partial charge on any atom is 0.248 e. The molecule has 4 aromatic rings. The molecule has 4 rings (SSSR count). The fourth-order valence-corrected chi connectivity index (χ4v) is 3.87. The summed E-state index contributed by atoms with van der Waals surface area (Å²) in [6.07, 6.45) is 4.35. The number of oxazole rings is 1. The van der Waals surface area contributed by atoms with Gasteiger partial charge in [-0.05, 0) is 71.4 Å². The number of rotatable bonds is 7. The molecule has 0 fully saturated rings. The van der Waals surface area contributed by atoms with Crippen LogP contribution < -0.4 is 5.32 Å². The number of aromatic nitrogens is 1. The van der Waals surface area contributed by atoms with E-state index in [1.54, 1.807) is 18.2 Å². The first-order valence-electron chi connectivity index (χ1n) is 11.6. The second-order valence-electron chi connectivity index (χ2n) is 8.89. The molecule has 5 heteroatoms. The molecule has 0 radical (unpaired) electrons. The van der Waals surface area contributed by atoms with Crippen molar-refractivity contribution in [2.75, 3.05) is 5.32 Å². The third kappa shape index (κ3) is 5.40. The molecule has 3 aromatic carbocycles. The van der Waals surface area contributed by atoms with Gasteiger partial charge in [0.1, 0.15) is 5.52 Å². The van der Waals surface area contributed by atoms with Crippen molar-refractivity contribution in [1.82, 2.24) is 4.98 Å². The van der Waals surface area contributed by atoms with E-state index < -0.39 is 0 Å². The Morgan fingerprint density at radius 3 is 2.47 bits per heavy atom. The summed E-state index contributed by atoms with van der Waals surface area (Å²) < 4.78 is 5.97. The van der Waals surface area contributed by atoms with Crippen LogP contribution in [-0.4, -0.2) is 10.9 Å². The Labute approximate surface area is 205 Å². The van der Waals surface area contributed by atoms with E-state index in [2.05, 4.69) is 62.3 Å². The average molecular weight is 473 g/mol. The van der Waals surface area contributed by atoms with E-state index in [9.17, 15) is 4.79 Å². The highest BCUT2D eigenvalue weighted by Crippen LogP contribution is 2.32. The fraction of sp³-hybridized carbons (Fsp3) is 0.241. The van der Waals surface area contributed by atoms with Gasteiger partial charge in [0, 0.05) is 11.6 Å². The number of benzene rings is 3. The molecule has 0 bridgehead atoms. The Bertz CT molecular complexity index is 1340. The summed E-state index contributed by atoms with van der Waals surface area (Å²) >= 11 is 6.35. The maximum atomic E-state index is 12.5. The molecule has 174 valence electrons. The normalized spacial score (nSPS) is 12.5. The summed E-state index contributed by atoms with van der Waals surface area (Å²) in [4.78, 5) is 17.2. The molecule has 34 heavy (non-hydrogen) atoms. The molecule has 1 atom stereocenters. The van der Waals surface area contributed by atoms with Crippen molar-refractivity contribution >= 4 is 40.4 Å². The maximum absolute atomic E-state index is 12.5. The number of hydrogen-bond acceptors (Lipinski definition) is 3. The standard InChI is InChI=1S/C29H29ClN2O2/c1-5-19(4)22-12-14-27-26(16-22)32-29(34-27)23-11-13-24(30)25(17-23)31-28(33)15-8-20-6-9-21(10-7-20)18(2)3/h6-19H,5H2,1-4H3,(H,31,33)/b15-8+. The van der Waals surface area contributed by atoms with Gasteiger partial charge in [0.05, 0.1) is 10.7 Å². The van der Waals surface area contributed by atoms with Crippen molar-refractivity contribution in [3.63, 3.8) is 0 Å². The zero-order chi connectivity index (χ0) is 24.2. The minimum absolute atomic E-state index is 0.261. The number of nitrogens with zero attached hydrogens (tertiary/aromatic N) is 1. The molecule has 0 spiro atoms. The van der Waals surface area contributed by atoms with Crippen LogP contribution in [0.5, 0.6) is 0 Å². The van der Waals surface area contributed by atoms with E-state index in [4.69, 9.17) is 16.0 Å². The Morgan fingerprint density at radius 1 is 1.03 bits per heavy atom. The molecule has 1 amide bonds. The van der Waals surface area contributed by atoms with Gasteiger partial charge in [-0.1, -0.05) is 69.6 Å². The van der Waals surface area contributed by atoms with Gasteiger partial charge in [0.25, 0.3) is 0 Å². The van der Waals surface area contributed by atoms with Crippen molar-refractivity contribution in [3.8, 4) is 11.5 Å². The number of nitrogens with one attached hydrogen (secondary N) is 1. The summed E-state index contributed by atoms with van der Waals surface area (Å²) in [5, 5.41) is 3.30. The number of amides is 1. The quantitative estimate of drug-likeness (QED) is 0.274. The van der Waals surface area contributed by atoms with E-state index in [1.165, 1.54) is 17.2 Å². The van der Waals surface area contributed by atoms with Gasteiger partial charge in [0.15, 0.2) is 5.58 Å². The molecule has 0 aliphatic carbocycles. The van der Waals surface area contributed by atoms with Crippen LogP contribution in [0.4, 0.5) is 5.69 Å². The van der Waals surface area contributed by atoms with Crippen molar-refractivity contribution in [2.45, 2.75) is 46.0 Å². The summed E-state index contributed by atoms with van der Waals surface area (Å²) in [6.45, 7) is 8.68. The number of hydrogen-bond donors (Lipinski definition) is 1. The average Bonchev–Trinajstić information content (AvgIpc) is 3.27. The zero-order valence-electron chi connectivity index (χ0n) is 19.9. The van der Waals surface area contributed by atoms with Crippen LogP contribution >= 0.6 is 11.6 Å². The monoisotopic (exact) mass is 472 g/mol. The van der Waals surface area contributed by atoms with Crippen LogP contribution in [0.15, 0.2) is 71.2 Å². The van der Waals surface area contributed by atoms with Crippen LogP contribution in [0, 0.1) is 0 Å². The Morgan fingerprint density at radius 2 is 1.76 bits per heavy atom. The highest BCUT2D eigenvalue weighted by Gasteiger charge is 2.13. The molecule has 0 aliphatic heterocycles. The van der Waals surface area contributed by atoms with Crippen molar-refractivity contribution in [3.05, 3.63) is 88.5 Å². The minimum Gasteiger partial charge on any atom is -0.436 e. The minimum atomic E-state index is -0.261. The van der Waals surface area contributed by atoms with Gasteiger partial charge in [0.2, 0.25) is 11.8 Å². The summed E-state index contributed by atoms with van der Waals surface area (Å²) in [5.41, 5.74) is 6.27. The lowest BCUT2D eigenvalue weighted by molar-refractivity contribution is -0.111. The Balaban J connectivity index is 1.52. The summed E-state index contributed by atoms with van der Waals surface area (Å²) in [6, 6.07) is 19.7. The van der Waals surface area contributed by atoms with Gasteiger partial charge in [-0.15, -0.1) is 0 Å². The number of halogens is 1. The molecule has 1 N–H and O–H groups in total. The molecular formula is C29H29ClN2O2. The van der Waals surface area contributed by atoms with E-state index in [0.717, 1.165) is 28.6 Å². The fourth-order valence-electron chi connectivity index (χ4n) is 3.70. The molecule has 0 saturated heterocycles. The first kappa shape index (κ1) is 23.8. The molecule has 1 unspecified atom stereocenters. The number of anilines is 1. The van der Waals surface area contributed by atoms with Gasteiger partial charge in [-0.3, -0.25) is 4.79 Å². The summed E-state index contributed by atoms with van der Waals surface area (Å²) in [5.74, 6) is 1.16. The smallest absolute Gasteiger partial charge is 0.248 e. The number of carbonyl (C=O) groups excluding carboxylic acids is 1. The Hall–Kier alpha value is -3.37. The van der Waals surface area contributed by atoms with Crippen molar-refractivity contribution in [2.24, 2.45) is 0 Å². The van der Waals surface area contributed by atoms with Gasteiger partial charge >= 0.3 is 0 Å². The molecule has 0 aliphatic rings. The largest absolute Gasteiger partial charge is 0.436 e. The third-order valence-corrected chi connectivity index (χ3v) is 6.42. The topological polar surface area (TPSA) is 55.1 Å². The van der Waals surface area contributed by atoms with Crippen molar-refractivity contribution < 1.29 is 9.21 Å². The van der Waals surface area contributed by atoms with Crippen LogP contribution in [0.2, 0.25) is 5.02 Å². The van der Waals surface area contributed by atoms with E-state index in [-0.39, 0.29) is 5.91 Å². The zero-order valence-corrected chi connectivity index (χ0v) is 20.7. The van der Waals surface area contributed by atoms with Gasteiger partial charge in [-0.25, -0.2) is 4.98 Å². The lowest BCUT2D eigenvalue weighted by atomic mass is 9.98. The van der Waals surface area contributed by atoms with E-state index in [0.29, 0.717) is 28.4 Å². The van der Waals surface area contributed by atoms with Crippen molar-refractivity contribution in [1.29, 1.82) is 0 Å². The van der Waals surface area contributed by atoms with E-state index >= 15 is 0 Å². The first-order valence-corrected chi connectivity index (χ1v) is 12.0. The second-order valence-corrected chi connectivity index (χ2v) is 9.30. The van der Waals surface area contributed by atoms with E-state index in [1.807, 2.05) is 24.3 Å². The Kier molecular flexibility index (Phi) is 7.18.